The van der Waals surface area contributed by atoms with Gasteiger partial charge in [-0.15, -0.1) is 0 Å². The normalized spacial score (nSPS) is 32.6. The van der Waals surface area contributed by atoms with Crippen molar-refractivity contribution in [3.63, 3.8) is 0 Å². The molecule has 0 spiro atoms. The van der Waals surface area contributed by atoms with Gasteiger partial charge in [-0.25, -0.2) is 0 Å². The number of hydrogen-bond donors (Lipinski definition) is 1. The molecule has 2 heteroatoms. The number of nitrogens with one attached hydrogen (secondary N) is 1. The molecule has 0 aromatic heterocycles. The molecule has 2 fully saturated rings. The topological polar surface area (TPSA) is 15.3 Å². The molecule has 1 aliphatic heterocycles. The van der Waals surface area contributed by atoms with E-state index in [1.165, 1.54) is 51.6 Å². The van der Waals surface area contributed by atoms with E-state index in [4.69, 9.17) is 0 Å². The van der Waals surface area contributed by atoms with Crippen LogP contribution in [0.25, 0.3) is 0 Å². The number of rotatable bonds is 5. The van der Waals surface area contributed by atoms with Crippen molar-refractivity contribution in [2.24, 2.45) is 5.92 Å². The average molecular weight is 224 g/mol. The molecule has 0 aromatic rings. The molecule has 16 heavy (non-hydrogen) atoms. The average Bonchev–Trinajstić information content (AvgIpc) is 2.19. The van der Waals surface area contributed by atoms with Crippen molar-refractivity contribution in [2.75, 3.05) is 19.6 Å². The molecule has 1 N–H and O–H groups in total. The Hall–Kier alpha value is -0.0800. The minimum Gasteiger partial charge on any atom is -0.314 e. The summed E-state index contributed by atoms with van der Waals surface area (Å²) >= 11 is 0. The molecule has 2 rings (SSSR count). The summed E-state index contributed by atoms with van der Waals surface area (Å²) < 4.78 is 0. The summed E-state index contributed by atoms with van der Waals surface area (Å²) in [6.07, 6.45) is 8.64. The van der Waals surface area contributed by atoms with Crippen LogP contribution >= 0.6 is 0 Å². The highest BCUT2D eigenvalue weighted by atomic mass is 15.2. The lowest BCUT2D eigenvalue weighted by Gasteiger charge is -2.39. The van der Waals surface area contributed by atoms with E-state index in [9.17, 15) is 0 Å². The third-order valence-corrected chi connectivity index (χ3v) is 4.56. The maximum Gasteiger partial charge on any atom is 0.00939 e. The second kappa shape index (κ2) is 6.02. The highest BCUT2D eigenvalue weighted by Crippen LogP contribution is 2.30. The SMILES string of the molecule is CCNC1CCN(CCC2CCC2)C(C)C1. The molecule has 2 nitrogen and oxygen atoms in total. The van der Waals surface area contributed by atoms with Crippen LogP contribution in [0.3, 0.4) is 0 Å². The van der Waals surface area contributed by atoms with Crippen LogP contribution in [-0.2, 0) is 0 Å². The highest BCUT2D eigenvalue weighted by Gasteiger charge is 2.26. The second-order valence-corrected chi connectivity index (χ2v) is 5.75. The summed E-state index contributed by atoms with van der Waals surface area (Å²) in [5.41, 5.74) is 0. The van der Waals surface area contributed by atoms with Crippen LogP contribution < -0.4 is 5.32 Å². The predicted octanol–water partition coefficient (Wildman–Crippen LogP) is 2.64. The van der Waals surface area contributed by atoms with Crippen molar-refractivity contribution in [1.82, 2.24) is 10.2 Å². The Morgan fingerprint density at radius 3 is 2.62 bits per heavy atom. The standard InChI is InChI=1S/C14H28N2/c1-3-15-14-8-10-16(12(2)11-14)9-7-13-5-4-6-13/h12-15H,3-11H2,1-2H3. The van der Waals surface area contributed by atoms with Crippen LogP contribution in [0.4, 0.5) is 0 Å². The van der Waals surface area contributed by atoms with E-state index in [2.05, 4.69) is 24.1 Å². The van der Waals surface area contributed by atoms with Crippen LogP contribution in [0, 0.1) is 5.92 Å². The fourth-order valence-corrected chi connectivity index (χ4v) is 3.16. The zero-order valence-corrected chi connectivity index (χ0v) is 11.0. The fraction of sp³-hybridized carbons (Fsp3) is 1.00. The first-order chi connectivity index (χ1) is 7.79. The summed E-state index contributed by atoms with van der Waals surface area (Å²) in [5, 5.41) is 3.60. The first-order valence-corrected chi connectivity index (χ1v) is 7.27. The highest BCUT2D eigenvalue weighted by molar-refractivity contribution is 4.83. The van der Waals surface area contributed by atoms with Crippen molar-refractivity contribution in [3.05, 3.63) is 0 Å². The lowest BCUT2D eigenvalue weighted by atomic mass is 9.82. The minimum absolute atomic E-state index is 0.778. The molecule has 1 heterocycles. The van der Waals surface area contributed by atoms with Gasteiger partial charge in [0.15, 0.2) is 0 Å². The van der Waals surface area contributed by atoms with Crippen LogP contribution in [0.15, 0.2) is 0 Å². The first-order valence-electron chi connectivity index (χ1n) is 7.27. The zero-order chi connectivity index (χ0) is 11.4. The fourth-order valence-electron chi connectivity index (χ4n) is 3.16. The molecular weight excluding hydrogens is 196 g/mol. The molecule has 2 aliphatic rings. The summed E-state index contributed by atoms with van der Waals surface area (Å²) in [6.45, 7) is 8.41. The predicted molar refractivity (Wildman–Crippen MR) is 69.7 cm³/mol. The summed E-state index contributed by atoms with van der Waals surface area (Å²) in [5.74, 6) is 1.07. The molecule has 1 saturated carbocycles. The molecule has 0 aromatic carbocycles. The maximum absolute atomic E-state index is 3.60. The quantitative estimate of drug-likeness (QED) is 0.772. The van der Waals surface area contributed by atoms with E-state index in [0.29, 0.717) is 0 Å². The largest absolute Gasteiger partial charge is 0.314 e. The third kappa shape index (κ3) is 3.21. The lowest BCUT2D eigenvalue weighted by molar-refractivity contribution is 0.119. The molecule has 1 aliphatic carbocycles. The molecule has 2 unspecified atom stereocenters. The van der Waals surface area contributed by atoms with Gasteiger partial charge in [-0.05, 0) is 51.7 Å². The molecule has 0 amide bonds. The van der Waals surface area contributed by atoms with Crippen molar-refractivity contribution in [2.45, 2.75) is 64.5 Å². The van der Waals surface area contributed by atoms with Gasteiger partial charge >= 0.3 is 0 Å². The van der Waals surface area contributed by atoms with E-state index in [1.807, 2.05) is 0 Å². The van der Waals surface area contributed by atoms with E-state index >= 15 is 0 Å². The summed E-state index contributed by atoms with van der Waals surface area (Å²) in [4.78, 5) is 2.71. The third-order valence-electron chi connectivity index (χ3n) is 4.56. The molecule has 2 atom stereocenters. The van der Waals surface area contributed by atoms with Crippen molar-refractivity contribution < 1.29 is 0 Å². The molecule has 0 radical (unpaired) electrons. The van der Waals surface area contributed by atoms with E-state index in [-0.39, 0.29) is 0 Å². The number of likely N-dealkylation sites (tertiary alicyclic amines) is 1. The Labute approximate surface area is 101 Å². The van der Waals surface area contributed by atoms with Gasteiger partial charge in [-0.3, -0.25) is 0 Å². The molecular formula is C14H28N2. The Bertz CT molecular complexity index is 201. The van der Waals surface area contributed by atoms with Gasteiger partial charge in [0.05, 0.1) is 0 Å². The zero-order valence-electron chi connectivity index (χ0n) is 11.0. The Kier molecular flexibility index (Phi) is 4.66. The summed E-state index contributed by atoms with van der Waals surface area (Å²) in [6, 6.07) is 1.57. The van der Waals surface area contributed by atoms with Gasteiger partial charge in [0.1, 0.15) is 0 Å². The van der Waals surface area contributed by atoms with E-state index in [1.54, 1.807) is 0 Å². The Balaban J connectivity index is 1.66. The van der Waals surface area contributed by atoms with E-state index in [0.717, 1.165) is 24.5 Å². The van der Waals surface area contributed by atoms with Gasteiger partial charge in [0, 0.05) is 12.1 Å². The van der Waals surface area contributed by atoms with Crippen LogP contribution in [-0.4, -0.2) is 36.6 Å². The number of nitrogens with zero attached hydrogens (tertiary/aromatic N) is 1. The van der Waals surface area contributed by atoms with Gasteiger partial charge in [-0.2, -0.15) is 0 Å². The van der Waals surface area contributed by atoms with Crippen LogP contribution in [0.2, 0.25) is 0 Å². The molecule has 94 valence electrons. The molecule has 1 saturated heterocycles. The van der Waals surface area contributed by atoms with Gasteiger partial charge in [0.25, 0.3) is 0 Å². The Morgan fingerprint density at radius 2 is 2.06 bits per heavy atom. The van der Waals surface area contributed by atoms with Gasteiger partial charge in [0.2, 0.25) is 0 Å². The van der Waals surface area contributed by atoms with E-state index < -0.39 is 0 Å². The van der Waals surface area contributed by atoms with Gasteiger partial charge in [-0.1, -0.05) is 26.2 Å². The smallest absolute Gasteiger partial charge is 0.00939 e. The number of piperidine rings is 1. The summed E-state index contributed by atoms with van der Waals surface area (Å²) in [7, 11) is 0. The monoisotopic (exact) mass is 224 g/mol. The molecule has 0 bridgehead atoms. The second-order valence-electron chi connectivity index (χ2n) is 5.75. The van der Waals surface area contributed by atoms with Crippen molar-refractivity contribution >= 4 is 0 Å². The minimum atomic E-state index is 0.778. The number of hydrogen-bond acceptors (Lipinski definition) is 2. The first kappa shape index (κ1) is 12.4. The van der Waals surface area contributed by atoms with Crippen molar-refractivity contribution in [1.29, 1.82) is 0 Å². The van der Waals surface area contributed by atoms with Gasteiger partial charge < -0.3 is 10.2 Å². The van der Waals surface area contributed by atoms with Crippen LogP contribution in [0.5, 0.6) is 0 Å². The maximum atomic E-state index is 3.60. The lowest BCUT2D eigenvalue weighted by Crippen LogP contribution is -2.47. The van der Waals surface area contributed by atoms with Crippen LogP contribution in [0.1, 0.15) is 52.4 Å². The Morgan fingerprint density at radius 1 is 1.25 bits per heavy atom. The van der Waals surface area contributed by atoms with Crippen molar-refractivity contribution in [3.8, 4) is 0 Å².